The van der Waals surface area contributed by atoms with Gasteiger partial charge in [0.15, 0.2) is 0 Å². The molecule has 24 heavy (non-hydrogen) atoms. The van der Waals surface area contributed by atoms with Gasteiger partial charge < -0.3 is 5.32 Å². The molecule has 1 atom stereocenters. The smallest absolute Gasteiger partial charge is 0.241 e. The summed E-state index contributed by atoms with van der Waals surface area (Å²) in [5.74, 6) is 0.234. The molecule has 5 heteroatoms. The number of carbonyl (C=O) groups is 1. The normalized spacial score (nSPS) is 22.0. The highest BCUT2D eigenvalue weighted by Gasteiger charge is 2.47. The number of nitrogens with zero attached hydrogens (tertiary/aromatic N) is 3. The molecule has 1 aromatic heterocycles. The maximum atomic E-state index is 13.3. The first-order valence-electron chi connectivity index (χ1n) is 9.59. The van der Waals surface area contributed by atoms with Crippen LogP contribution in [0.3, 0.4) is 0 Å². The van der Waals surface area contributed by atoms with Crippen molar-refractivity contribution in [3.05, 3.63) is 17.0 Å². The highest BCUT2D eigenvalue weighted by atomic mass is 16.2. The van der Waals surface area contributed by atoms with Crippen molar-refractivity contribution in [3.8, 4) is 0 Å². The molecule has 0 spiro atoms. The summed E-state index contributed by atoms with van der Waals surface area (Å²) in [6.07, 6.45) is 6.82. The number of hydrogen-bond donors (Lipinski definition) is 1. The molecular formula is C19H32N4O. The third-order valence-corrected chi connectivity index (χ3v) is 6.08. The van der Waals surface area contributed by atoms with Gasteiger partial charge in [0, 0.05) is 17.8 Å². The molecule has 2 fully saturated rings. The summed E-state index contributed by atoms with van der Waals surface area (Å²) in [5.41, 5.74) is 3.13. The molecule has 1 aliphatic carbocycles. The van der Waals surface area contributed by atoms with Gasteiger partial charge in [-0.1, -0.05) is 12.8 Å². The number of carbonyl (C=O) groups excluding carboxylic acids is 1. The fourth-order valence-corrected chi connectivity index (χ4v) is 4.84. The van der Waals surface area contributed by atoms with Gasteiger partial charge in [0.25, 0.3) is 0 Å². The Morgan fingerprint density at radius 2 is 1.83 bits per heavy atom. The van der Waals surface area contributed by atoms with Gasteiger partial charge in [-0.15, -0.1) is 0 Å². The highest BCUT2D eigenvalue weighted by molar-refractivity contribution is 5.87. The molecule has 1 saturated heterocycles. The number of likely N-dealkylation sites (tertiary alicyclic amines) is 1. The Labute approximate surface area is 145 Å². The molecular weight excluding hydrogens is 300 g/mol. The Kier molecular flexibility index (Phi) is 5.00. The van der Waals surface area contributed by atoms with E-state index in [4.69, 9.17) is 0 Å². The average Bonchev–Trinajstić information content (AvgIpc) is 3.26. The first-order chi connectivity index (χ1) is 11.5. The van der Waals surface area contributed by atoms with Crippen LogP contribution in [0, 0.1) is 13.8 Å². The molecule has 3 rings (SSSR count). The molecule has 0 radical (unpaired) electrons. The standard InChI is InChI=1S/C19H32N4O/c1-5-23-16(4)17(15(3)21-23)14(2)20-18(24)19(10-6-7-11-19)22-12-8-9-13-22/h14H,5-13H2,1-4H3,(H,20,24). The van der Waals surface area contributed by atoms with Gasteiger partial charge in [-0.3, -0.25) is 14.4 Å². The van der Waals surface area contributed by atoms with Crippen LogP contribution in [0.4, 0.5) is 0 Å². The second-order valence-corrected chi connectivity index (χ2v) is 7.53. The zero-order valence-electron chi connectivity index (χ0n) is 15.7. The largest absolute Gasteiger partial charge is 0.348 e. The van der Waals surface area contributed by atoms with Crippen LogP contribution in [0.15, 0.2) is 0 Å². The van der Waals surface area contributed by atoms with Crippen LogP contribution >= 0.6 is 0 Å². The predicted octanol–water partition coefficient (Wildman–Crippen LogP) is 3.11. The van der Waals surface area contributed by atoms with Crippen molar-refractivity contribution in [1.29, 1.82) is 0 Å². The van der Waals surface area contributed by atoms with E-state index in [1.54, 1.807) is 0 Å². The van der Waals surface area contributed by atoms with Gasteiger partial charge in [-0.25, -0.2) is 0 Å². The van der Waals surface area contributed by atoms with Crippen molar-refractivity contribution in [3.63, 3.8) is 0 Å². The average molecular weight is 332 g/mol. The van der Waals surface area contributed by atoms with Gasteiger partial charge in [0.2, 0.25) is 5.91 Å². The molecule has 5 nitrogen and oxygen atoms in total. The minimum absolute atomic E-state index is 0.0119. The van der Waals surface area contributed by atoms with E-state index in [0.717, 1.165) is 38.2 Å². The number of rotatable bonds is 5. The summed E-state index contributed by atoms with van der Waals surface area (Å²) in [6.45, 7) is 11.4. The Morgan fingerprint density at radius 1 is 1.21 bits per heavy atom. The molecule has 0 aromatic carbocycles. The van der Waals surface area contributed by atoms with Crippen molar-refractivity contribution in [2.75, 3.05) is 13.1 Å². The number of aryl methyl sites for hydroxylation is 2. The number of amides is 1. The van der Waals surface area contributed by atoms with Crippen molar-refractivity contribution < 1.29 is 4.79 Å². The van der Waals surface area contributed by atoms with E-state index in [2.05, 4.69) is 36.1 Å². The number of aromatic nitrogens is 2. The third kappa shape index (κ3) is 2.87. The second-order valence-electron chi connectivity index (χ2n) is 7.53. The van der Waals surface area contributed by atoms with E-state index in [1.807, 2.05) is 11.6 Å². The molecule has 1 aromatic rings. The maximum Gasteiger partial charge on any atom is 0.241 e. The Hall–Kier alpha value is -1.36. The Morgan fingerprint density at radius 3 is 2.38 bits per heavy atom. The third-order valence-electron chi connectivity index (χ3n) is 6.08. The first kappa shape index (κ1) is 17.5. The Bertz CT molecular complexity index is 595. The monoisotopic (exact) mass is 332 g/mol. The van der Waals surface area contributed by atoms with Crippen LogP contribution in [0.25, 0.3) is 0 Å². The summed E-state index contributed by atoms with van der Waals surface area (Å²) in [7, 11) is 0. The van der Waals surface area contributed by atoms with E-state index in [9.17, 15) is 4.79 Å². The molecule has 2 aliphatic rings. The summed E-state index contributed by atoms with van der Waals surface area (Å²) < 4.78 is 2.03. The van der Waals surface area contributed by atoms with Gasteiger partial charge in [-0.05, 0) is 66.5 Å². The lowest BCUT2D eigenvalue weighted by Gasteiger charge is -2.38. The van der Waals surface area contributed by atoms with E-state index in [0.29, 0.717) is 0 Å². The molecule has 1 N–H and O–H groups in total. The van der Waals surface area contributed by atoms with E-state index < -0.39 is 0 Å². The van der Waals surface area contributed by atoms with Crippen LogP contribution in [0.2, 0.25) is 0 Å². The van der Waals surface area contributed by atoms with Gasteiger partial charge in [-0.2, -0.15) is 5.10 Å². The topological polar surface area (TPSA) is 50.2 Å². The summed E-state index contributed by atoms with van der Waals surface area (Å²) in [6, 6.07) is 0.0119. The first-order valence-corrected chi connectivity index (χ1v) is 9.59. The fourth-order valence-electron chi connectivity index (χ4n) is 4.84. The summed E-state index contributed by atoms with van der Waals surface area (Å²) in [5, 5.41) is 7.95. The van der Waals surface area contributed by atoms with E-state index in [1.165, 1.54) is 36.9 Å². The van der Waals surface area contributed by atoms with E-state index >= 15 is 0 Å². The zero-order chi connectivity index (χ0) is 17.3. The number of nitrogens with one attached hydrogen (secondary N) is 1. The lowest BCUT2D eigenvalue weighted by atomic mass is 9.93. The van der Waals surface area contributed by atoms with Crippen LogP contribution in [-0.4, -0.2) is 39.2 Å². The van der Waals surface area contributed by atoms with Gasteiger partial charge >= 0.3 is 0 Å². The minimum atomic E-state index is -0.257. The molecule has 2 heterocycles. The molecule has 1 unspecified atom stereocenters. The summed E-state index contributed by atoms with van der Waals surface area (Å²) >= 11 is 0. The summed E-state index contributed by atoms with van der Waals surface area (Å²) in [4.78, 5) is 15.7. The Balaban J connectivity index is 1.79. The van der Waals surface area contributed by atoms with Crippen LogP contribution in [0.5, 0.6) is 0 Å². The zero-order valence-corrected chi connectivity index (χ0v) is 15.7. The maximum absolute atomic E-state index is 13.3. The SMILES string of the molecule is CCn1nc(C)c(C(C)NC(=O)C2(N3CCCC3)CCCC2)c1C. The van der Waals surface area contributed by atoms with Crippen molar-refractivity contribution >= 4 is 5.91 Å². The number of hydrogen-bond acceptors (Lipinski definition) is 3. The minimum Gasteiger partial charge on any atom is -0.348 e. The predicted molar refractivity (Wildman–Crippen MR) is 95.9 cm³/mol. The molecule has 134 valence electrons. The molecule has 1 aliphatic heterocycles. The van der Waals surface area contributed by atoms with Crippen molar-refractivity contribution in [2.24, 2.45) is 0 Å². The highest BCUT2D eigenvalue weighted by Crippen LogP contribution is 2.38. The molecule has 0 bridgehead atoms. The second kappa shape index (κ2) is 6.87. The van der Waals surface area contributed by atoms with Crippen LogP contribution < -0.4 is 5.32 Å². The quantitative estimate of drug-likeness (QED) is 0.901. The van der Waals surface area contributed by atoms with Crippen molar-refractivity contribution in [1.82, 2.24) is 20.0 Å². The molecule has 1 saturated carbocycles. The fraction of sp³-hybridized carbons (Fsp3) is 0.789. The van der Waals surface area contributed by atoms with Crippen molar-refractivity contribution in [2.45, 2.75) is 84.3 Å². The van der Waals surface area contributed by atoms with Gasteiger partial charge in [0.1, 0.15) is 5.54 Å². The van der Waals surface area contributed by atoms with Crippen LogP contribution in [-0.2, 0) is 11.3 Å². The lowest BCUT2D eigenvalue weighted by Crippen LogP contribution is -2.56. The van der Waals surface area contributed by atoms with Gasteiger partial charge in [0.05, 0.1) is 11.7 Å². The lowest BCUT2D eigenvalue weighted by molar-refractivity contribution is -0.133. The van der Waals surface area contributed by atoms with Crippen LogP contribution in [0.1, 0.15) is 75.4 Å². The van der Waals surface area contributed by atoms with E-state index in [-0.39, 0.29) is 17.5 Å². The molecule has 1 amide bonds.